The van der Waals surface area contributed by atoms with Crippen molar-refractivity contribution >= 4 is 39.0 Å². The van der Waals surface area contributed by atoms with Gasteiger partial charge in [-0.3, -0.25) is 14.9 Å². The Morgan fingerprint density at radius 2 is 2.03 bits per heavy atom. The summed E-state index contributed by atoms with van der Waals surface area (Å²) in [5, 5.41) is 17.5. The molecule has 37 heavy (non-hydrogen) atoms. The zero-order valence-electron chi connectivity index (χ0n) is 21.0. The van der Waals surface area contributed by atoms with Crippen LogP contribution in [0.2, 0.25) is 0 Å². The number of methoxy groups -OCH3 is 1. The predicted molar refractivity (Wildman–Crippen MR) is 144 cm³/mol. The average Bonchev–Trinajstić information content (AvgIpc) is 2.89. The average molecular weight is 578 g/mol. The van der Waals surface area contributed by atoms with Crippen molar-refractivity contribution in [2.75, 3.05) is 43.5 Å². The number of carbonyl (C=O) groups is 1. The van der Waals surface area contributed by atoms with E-state index in [2.05, 4.69) is 31.5 Å². The first-order valence-electron chi connectivity index (χ1n) is 12.7. The number of halogens is 2. The molecule has 2 aromatic rings. The molecule has 1 aromatic carbocycles. The van der Waals surface area contributed by atoms with E-state index in [9.17, 15) is 19.3 Å². The zero-order valence-corrected chi connectivity index (χ0v) is 22.6. The third-order valence-corrected chi connectivity index (χ3v) is 7.97. The molecule has 0 radical (unpaired) electrons. The van der Waals surface area contributed by atoms with Gasteiger partial charge in [-0.05, 0) is 91.7 Å². The topological polar surface area (TPSA) is 110 Å². The molecule has 4 rings (SSSR count). The fourth-order valence-corrected chi connectivity index (χ4v) is 5.69. The van der Waals surface area contributed by atoms with Crippen molar-refractivity contribution in [3.63, 3.8) is 0 Å². The standard InChI is InChI=1S/C26H33BrFN5O4/c1-37-22-6-7-23(30-24(22)27)31-25(34)20-5-4-19(33(35)36)17-21(20)32-15-8-18(9-16-32)3-2-10-26(28)11-13-29-14-12-26/h4-7,17-18,29H,2-3,8-16H2,1H3,(H,30,31,34). The number of nitro groups is 1. The molecule has 2 saturated heterocycles. The Kier molecular flexibility index (Phi) is 8.96. The Bertz CT molecular complexity index is 1120. The molecule has 0 saturated carbocycles. The number of pyridine rings is 1. The lowest BCUT2D eigenvalue weighted by molar-refractivity contribution is -0.384. The molecule has 2 aliphatic heterocycles. The summed E-state index contributed by atoms with van der Waals surface area (Å²) in [6.45, 7) is 2.87. The molecular formula is C26H33BrFN5O4. The van der Waals surface area contributed by atoms with E-state index in [0.29, 0.717) is 65.7 Å². The van der Waals surface area contributed by atoms with Crippen molar-refractivity contribution < 1.29 is 18.8 Å². The summed E-state index contributed by atoms with van der Waals surface area (Å²) in [6.07, 6.45) is 5.44. The quantitative estimate of drug-likeness (QED) is 0.230. The van der Waals surface area contributed by atoms with Gasteiger partial charge in [0.1, 0.15) is 16.1 Å². The number of hydrogen-bond donors (Lipinski definition) is 2. The summed E-state index contributed by atoms with van der Waals surface area (Å²) in [5.74, 6) is 0.958. The third kappa shape index (κ3) is 6.95. The summed E-state index contributed by atoms with van der Waals surface area (Å²) in [5.41, 5.74) is -0.210. The normalized spacial score (nSPS) is 17.9. The van der Waals surface area contributed by atoms with Crippen LogP contribution in [0, 0.1) is 16.0 Å². The van der Waals surface area contributed by atoms with Crippen LogP contribution in [0.1, 0.15) is 55.3 Å². The van der Waals surface area contributed by atoms with E-state index in [1.54, 1.807) is 12.1 Å². The highest BCUT2D eigenvalue weighted by Crippen LogP contribution is 2.34. The second-order valence-corrected chi connectivity index (χ2v) is 10.6. The molecule has 2 fully saturated rings. The Morgan fingerprint density at radius 1 is 1.30 bits per heavy atom. The SMILES string of the molecule is COc1ccc(NC(=O)c2ccc([N+](=O)[O-])cc2N2CCC(CCCC3(F)CCNCC3)CC2)nc1Br. The van der Waals surface area contributed by atoms with Crippen molar-refractivity contribution in [1.29, 1.82) is 0 Å². The molecule has 1 aromatic heterocycles. The lowest BCUT2D eigenvalue weighted by Crippen LogP contribution is -2.38. The van der Waals surface area contributed by atoms with Crippen molar-refractivity contribution in [2.45, 2.75) is 50.6 Å². The van der Waals surface area contributed by atoms with Crippen LogP contribution in [0.15, 0.2) is 34.9 Å². The van der Waals surface area contributed by atoms with Gasteiger partial charge in [-0.25, -0.2) is 9.37 Å². The number of carbonyl (C=O) groups excluding carboxylic acids is 1. The summed E-state index contributed by atoms with van der Waals surface area (Å²) >= 11 is 3.31. The van der Waals surface area contributed by atoms with Gasteiger partial charge in [0, 0.05) is 25.2 Å². The maximum Gasteiger partial charge on any atom is 0.271 e. The maximum absolute atomic E-state index is 14.9. The summed E-state index contributed by atoms with van der Waals surface area (Å²) in [4.78, 5) is 30.5. The first-order chi connectivity index (χ1) is 17.8. The first-order valence-corrected chi connectivity index (χ1v) is 13.5. The molecule has 0 aliphatic carbocycles. The van der Waals surface area contributed by atoms with E-state index in [1.807, 2.05) is 4.90 Å². The number of hydrogen-bond acceptors (Lipinski definition) is 7. The predicted octanol–water partition coefficient (Wildman–Crippen LogP) is 5.49. The number of rotatable bonds is 9. The molecule has 9 nitrogen and oxygen atoms in total. The lowest BCUT2D eigenvalue weighted by atomic mass is 9.85. The Morgan fingerprint density at radius 3 is 2.68 bits per heavy atom. The van der Waals surface area contributed by atoms with Gasteiger partial charge in [-0.1, -0.05) is 6.42 Å². The van der Waals surface area contributed by atoms with Gasteiger partial charge in [0.05, 0.1) is 23.3 Å². The fraction of sp³-hybridized carbons (Fsp3) is 0.538. The van der Waals surface area contributed by atoms with Crippen molar-refractivity contribution in [2.24, 2.45) is 5.92 Å². The number of ether oxygens (including phenoxy) is 1. The van der Waals surface area contributed by atoms with E-state index in [4.69, 9.17) is 4.74 Å². The number of benzene rings is 1. The number of nitro benzene ring substituents is 1. The van der Waals surface area contributed by atoms with Gasteiger partial charge in [0.25, 0.3) is 11.6 Å². The highest BCUT2D eigenvalue weighted by Gasteiger charge is 2.32. The summed E-state index contributed by atoms with van der Waals surface area (Å²) < 4.78 is 20.5. The van der Waals surface area contributed by atoms with Crippen LogP contribution in [-0.4, -0.2) is 54.8 Å². The van der Waals surface area contributed by atoms with Gasteiger partial charge < -0.3 is 20.3 Å². The molecule has 1 amide bonds. The van der Waals surface area contributed by atoms with Crippen LogP contribution in [0.25, 0.3) is 0 Å². The zero-order chi connectivity index (χ0) is 26.4. The molecule has 0 spiro atoms. The monoisotopic (exact) mass is 577 g/mol. The van der Waals surface area contributed by atoms with E-state index in [-0.39, 0.29) is 5.69 Å². The number of amides is 1. The Hall–Kier alpha value is -2.79. The highest BCUT2D eigenvalue weighted by molar-refractivity contribution is 9.10. The van der Waals surface area contributed by atoms with Crippen LogP contribution in [0.4, 0.5) is 21.6 Å². The molecule has 2 aliphatic rings. The Balaban J connectivity index is 1.40. The van der Waals surface area contributed by atoms with Crippen molar-refractivity contribution in [1.82, 2.24) is 10.3 Å². The molecule has 0 atom stereocenters. The van der Waals surface area contributed by atoms with Crippen LogP contribution >= 0.6 is 15.9 Å². The van der Waals surface area contributed by atoms with Crippen molar-refractivity contribution in [3.05, 3.63) is 50.6 Å². The molecule has 3 heterocycles. The summed E-state index contributed by atoms with van der Waals surface area (Å²) in [6, 6.07) is 7.62. The number of piperidine rings is 2. The van der Waals surface area contributed by atoms with Crippen LogP contribution in [-0.2, 0) is 0 Å². The second-order valence-electron chi connectivity index (χ2n) is 9.83. The number of nitrogens with one attached hydrogen (secondary N) is 2. The minimum Gasteiger partial charge on any atom is -0.494 e. The third-order valence-electron chi connectivity index (χ3n) is 7.40. The smallest absolute Gasteiger partial charge is 0.271 e. The van der Waals surface area contributed by atoms with Crippen LogP contribution in [0.3, 0.4) is 0 Å². The first kappa shape index (κ1) is 27.3. The molecule has 2 N–H and O–H groups in total. The van der Waals surface area contributed by atoms with E-state index in [0.717, 1.165) is 38.8 Å². The molecule has 200 valence electrons. The minimum atomic E-state index is -1.04. The number of non-ortho nitro benzene ring substituents is 1. The minimum absolute atomic E-state index is 0.0609. The molecule has 0 unspecified atom stereocenters. The van der Waals surface area contributed by atoms with E-state index >= 15 is 0 Å². The van der Waals surface area contributed by atoms with Crippen LogP contribution in [0.5, 0.6) is 5.75 Å². The fourth-order valence-electron chi connectivity index (χ4n) is 5.21. The molecule has 0 bridgehead atoms. The molecular weight excluding hydrogens is 545 g/mol. The largest absolute Gasteiger partial charge is 0.494 e. The number of nitrogens with zero attached hydrogens (tertiary/aromatic N) is 3. The van der Waals surface area contributed by atoms with E-state index < -0.39 is 16.5 Å². The maximum atomic E-state index is 14.9. The van der Waals surface area contributed by atoms with Crippen LogP contribution < -0.4 is 20.3 Å². The van der Waals surface area contributed by atoms with E-state index in [1.165, 1.54) is 25.3 Å². The number of aromatic nitrogens is 1. The van der Waals surface area contributed by atoms with Gasteiger partial charge in [0.2, 0.25) is 0 Å². The number of alkyl halides is 1. The van der Waals surface area contributed by atoms with Gasteiger partial charge in [-0.15, -0.1) is 0 Å². The highest BCUT2D eigenvalue weighted by atomic mass is 79.9. The van der Waals surface area contributed by atoms with Crippen molar-refractivity contribution in [3.8, 4) is 5.75 Å². The summed E-state index contributed by atoms with van der Waals surface area (Å²) in [7, 11) is 1.53. The van der Waals surface area contributed by atoms with Gasteiger partial charge >= 0.3 is 0 Å². The molecule has 11 heteroatoms. The second kappa shape index (κ2) is 12.2. The lowest BCUT2D eigenvalue weighted by Gasteiger charge is -2.35. The van der Waals surface area contributed by atoms with Gasteiger partial charge in [-0.2, -0.15) is 0 Å². The van der Waals surface area contributed by atoms with Gasteiger partial charge in [0.15, 0.2) is 5.75 Å². The Labute approximate surface area is 224 Å². The number of anilines is 2.